The number of hydrogen-bond donors (Lipinski definition) is 9. The molecule has 0 saturated heterocycles. The third kappa shape index (κ3) is 10.2. The topological polar surface area (TPSA) is 228 Å². The van der Waals surface area contributed by atoms with Crippen LogP contribution in [0, 0.1) is 11.8 Å². The molecule has 14 heteroatoms. The number of aliphatic hydroxyl groups is 6. The summed E-state index contributed by atoms with van der Waals surface area (Å²) in [4.78, 5) is 0. The van der Waals surface area contributed by atoms with Crippen LogP contribution in [0.15, 0.2) is 72.8 Å². The zero-order valence-corrected chi connectivity index (χ0v) is 30.5. The van der Waals surface area contributed by atoms with E-state index in [1.807, 2.05) is 0 Å². The molecule has 294 valence electrons. The Morgan fingerprint density at radius 3 is 1.28 bits per heavy atom. The monoisotopic (exact) mass is 754 g/mol. The van der Waals surface area contributed by atoms with Gasteiger partial charge < -0.3 is 69.6 Å². The standard InChI is InChI=1S/C40H50O14/c1-50-35-16-27(5-9-31(35)45)18-39(48,22-43)29(20-41)12-25-4-8-33(47)37(14-25)54-24-53-34-11-7-26(15-38(34)52-3)13-30(21-42)40(49,23-44)19-28-6-10-32(46)36(17-28)51-2/h4-11,14-17,29-30,41-49H,12-13,18-24H2,1-3H3/t29-,30-,39+,40+/m0/s1. The van der Waals surface area contributed by atoms with Crippen molar-refractivity contribution in [3.63, 3.8) is 0 Å². The van der Waals surface area contributed by atoms with Gasteiger partial charge in [0.2, 0.25) is 6.79 Å². The first-order valence-corrected chi connectivity index (χ1v) is 17.2. The molecule has 0 heterocycles. The largest absolute Gasteiger partial charge is 0.504 e. The van der Waals surface area contributed by atoms with Crippen LogP contribution in [0.1, 0.15) is 22.3 Å². The van der Waals surface area contributed by atoms with Crippen LogP contribution in [0.2, 0.25) is 0 Å². The molecule has 0 bridgehead atoms. The Morgan fingerprint density at radius 1 is 0.481 bits per heavy atom. The molecule has 0 saturated carbocycles. The molecule has 0 unspecified atom stereocenters. The van der Waals surface area contributed by atoms with Crippen molar-refractivity contribution in [2.75, 3.05) is 54.5 Å². The number of aliphatic hydroxyl groups excluding tert-OH is 4. The van der Waals surface area contributed by atoms with Gasteiger partial charge in [0.15, 0.2) is 46.0 Å². The zero-order chi connectivity index (χ0) is 39.5. The highest BCUT2D eigenvalue weighted by Gasteiger charge is 2.38. The predicted molar refractivity (Wildman–Crippen MR) is 197 cm³/mol. The van der Waals surface area contributed by atoms with Gasteiger partial charge in [0.05, 0.1) is 45.7 Å². The fourth-order valence-corrected chi connectivity index (χ4v) is 6.36. The Bertz CT molecular complexity index is 1820. The summed E-state index contributed by atoms with van der Waals surface area (Å²) in [5, 5.41) is 94.1. The second-order valence-corrected chi connectivity index (χ2v) is 13.3. The van der Waals surface area contributed by atoms with E-state index >= 15 is 0 Å². The molecule has 0 aliphatic rings. The summed E-state index contributed by atoms with van der Waals surface area (Å²) < 4.78 is 27.4. The van der Waals surface area contributed by atoms with Crippen molar-refractivity contribution in [3.8, 4) is 46.0 Å². The number of aromatic hydroxyl groups is 3. The van der Waals surface area contributed by atoms with Crippen LogP contribution in [0.25, 0.3) is 0 Å². The lowest BCUT2D eigenvalue weighted by Gasteiger charge is -2.34. The molecule has 9 N–H and O–H groups in total. The third-order valence-electron chi connectivity index (χ3n) is 9.66. The number of ether oxygens (including phenoxy) is 5. The van der Waals surface area contributed by atoms with Gasteiger partial charge in [-0.15, -0.1) is 0 Å². The van der Waals surface area contributed by atoms with Crippen LogP contribution >= 0.6 is 0 Å². The van der Waals surface area contributed by atoms with Gasteiger partial charge >= 0.3 is 0 Å². The molecule has 4 atom stereocenters. The smallest absolute Gasteiger partial charge is 0.231 e. The number of hydrogen-bond acceptors (Lipinski definition) is 14. The van der Waals surface area contributed by atoms with Gasteiger partial charge in [-0.25, -0.2) is 0 Å². The van der Waals surface area contributed by atoms with Crippen LogP contribution in [0.3, 0.4) is 0 Å². The van der Waals surface area contributed by atoms with Crippen LogP contribution in [0.4, 0.5) is 0 Å². The number of phenolic OH excluding ortho intramolecular Hbond substituents is 3. The Morgan fingerprint density at radius 2 is 0.852 bits per heavy atom. The fourth-order valence-electron chi connectivity index (χ4n) is 6.36. The van der Waals surface area contributed by atoms with Gasteiger partial charge in [-0.1, -0.05) is 24.3 Å². The first-order chi connectivity index (χ1) is 25.8. The van der Waals surface area contributed by atoms with Crippen LogP contribution in [0.5, 0.6) is 46.0 Å². The Hall–Kier alpha value is -4.96. The summed E-state index contributed by atoms with van der Waals surface area (Å²) in [7, 11) is 4.24. The fraction of sp³-hybridized carbons (Fsp3) is 0.400. The van der Waals surface area contributed by atoms with Crippen LogP contribution in [-0.2, 0) is 25.7 Å². The average molecular weight is 755 g/mol. The second-order valence-electron chi connectivity index (χ2n) is 13.3. The highest BCUT2D eigenvalue weighted by Crippen LogP contribution is 2.36. The van der Waals surface area contributed by atoms with E-state index in [2.05, 4.69) is 0 Å². The lowest BCUT2D eigenvalue weighted by atomic mass is 9.79. The zero-order valence-electron chi connectivity index (χ0n) is 30.5. The molecular formula is C40H50O14. The minimum absolute atomic E-state index is 0.0203. The van der Waals surface area contributed by atoms with E-state index in [4.69, 9.17) is 23.7 Å². The van der Waals surface area contributed by atoms with E-state index in [1.165, 1.54) is 45.6 Å². The maximum atomic E-state index is 11.4. The summed E-state index contributed by atoms with van der Waals surface area (Å²) in [5.74, 6) is -0.834. The molecule has 0 aliphatic heterocycles. The highest BCUT2D eigenvalue weighted by molar-refractivity contribution is 5.45. The molecule has 54 heavy (non-hydrogen) atoms. The quantitative estimate of drug-likeness (QED) is 0.0557. The maximum absolute atomic E-state index is 11.4. The molecule has 4 aromatic carbocycles. The van der Waals surface area contributed by atoms with Crippen LogP contribution < -0.4 is 23.7 Å². The van der Waals surface area contributed by atoms with Gasteiger partial charge in [0.25, 0.3) is 0 Å². The summed E-state index contributed by atoms with van der Waals surface area (Å²) in [5.41, 5.74) is -1.03. The molecule has 4 aromatic rings. The molecule has 0 spiro atoms. The van der Waals surface area contributed by atoms with Gasteiger partial charge in [0.1, 0.15) is 0 Å². The lowest BCUT2D eigenvalue weighted by molar-refractivity contribution is -0.0766. The predicted octanol–water partition coefficient (Wildman–Crippen LogP) is 2.48. The number of phenols is 3. The van der Waals surface area contributed by atoms with E-state index in [9.17, 15) is 46.0 Å². The van der Waals surface area contributed by atoms with Gasteiger partial charge in [-0.3, -0.25) is 0 Å². The minimum atomic E-state index is -1.74. The minimum Gasteiger partial charge on any atom is -0.504 e. The Kier molecular flexibility index (Phi) is 14.6. The molecule has 0 aliphatic carbocycles. The van der Waals surface area contributed by atoms with E-state index < -0.39 is 49.5 Å². The van der Waals surface area contributed by atoms with Crippen molar-refractivity contribution in [3.05, 3.63) is 95.1 Å². The normalized spacial score (nSPS) is 14.7. The molecule has 14 nitrogen and oxygen atoms in total. The van der Waals surface area contributed by atoms with E-state index in [-0.39, 0.29) is 67.0 Å². The first kappa shape index (κ1) is 41.8. The summed E-state index contributed by atoms with van der Waals surface area (Å²) in [6, 6.07) is 18.7. The van der Waals surface area contributed by atoms with Crippen molar-refractivity contribution in [1.82, 2.24) is 0 Å². The van der Waals surface area contributed by atoms with Crippen molar-refractivity contribution in [1.29, 1.82) is 0 Å². The van der Waals surface area contributed by atoms with Crippen molar-refractivity contribution < 1.29 is 69.6 Å². The maximum Gasteiger partial charge on any atom is 0.231 e. The van der Waals surface area contributed by atoms with Crippen molar-refractivity contribution >= 4 is 0 Å². The number of benzene rings is 4. The van der Waals surface area contributed by atoms with E-state index in [1.54, 1.807) is 48.5 Å². The SMILES string of the molecule is COc1cc(C[C@@](O)(CO)[C@H](CO)Cc2ccc(O)c(OCOc3ccc(C[C@@H](CO)[C@](O)(CO)Cc4ccc(O)c(OC)c4)cc3OC)c2)ccc1O. The molecule has 0 aromatic heterocycles. The van der Waals surface area contributed by atoms with Crippen molar-refractivity contribution in [2.45, 2.75) is 36.9 Å². The van der Waals surface area contributed by atoms with Gasteiger partial charge in [-0.05, 0) is 83.6 Å². The average Bonchev–Trinajstić information content (AvgIpc) is 3.18. The second kappa shape index (κ2) is 18.9. The lowest BCUT2D eigenvalue weighted by Crippen LogP contribution is -2.46. The molecule has 0 fully saturated rings. The first-order valence-electron chi connectivity index (χ1n) is 17.2. The van der Waals surface area contributed by atoms with E-state index in [0.717, 1.165) is 0 Å². The van der Waals surface area contributed by atoms with Crippen molar-refractivity contribution in [2.24, 2.45) is 11.8 Å². The van der Waals surface area contributed by atoms with Gasteiger partial charge in [-0.2, -0.15) is 0 Å². The highest BCUT2D eigenvalue weighted by atomic mass is 16.7. The summed E-state index contributed by atoms with van der Waals surface area (Å²) in [6.45, 7) is -2.54. The molecule has 0 radical (unpaired) electrons. The van der Waals surface area contributed by atoms with Crippen LogP contribution in [-0.4, -0.2) is 112 Å². The molecule has 0 amide bonds. The number of rotatable bonds is 21. The Labute approximate surface area is 313 Å². The number of methoxy groups -OCH3 is 3. The Balaban J connectivity index is 1.42. The summed E-state index contributed by atoms with van der Waals surface area (Å²) in [6.07, 6.45) is 0.214. The molecule has 4 rings (SSSR count). The summed E-state index contributed by atoms with van der Waals surface area (Å²) >= 11 is 0. The third-order valence-corrected chi connectivity index (χ3v) is 9.66. The molecular weight excluding hydrogens is 704 g/mol. The van der Waals surface area contributed by atoms with Gasteiger partial charge in [0, 0.05) is 37.9 Å². The van der Waals surface area contributed by atoms with E-state index in [0.29, 0.717) is 33.8 Å².